The van der Waals surface area contributed by atoms with E-state index >= 15 is 0 Å². The van der Waals surface area contributed by atoms with Crippen molar-refractivity contribution in [3.8, 4) is 0 Å². The summed E-state index contributed by atoms with van der Waals surface area (Å²) in [5, 5.41) is 14.7. The Morgan fingerprint density at radius 2 is 2.54 bits per heavy atom. The molecular formula is C7H11N4O2-. The highest BCUT2D eigenvalue weighted by molar-refractivity contribution is 5.51. The van der Waals surface area contributed by atoms with E-state index in [-0.39, 0.29) is 6.04 Å². The molecule has 0 aliphatic heterocycles. The van der Waals surface area contributed by atoms with Crippen molar-refractivity contribution in [2.75, 3.05) is 0 Å². The number of nitrogens with two attached hydrogens (primary N) is 1. The minimum atomic E-state index is -0.302. The number of nitrogens with one attached hydrogen (secondary N) is 1. The standard InChI is InChI=1S/C7H11N4O2/c8-9-6-10-13-11(12)7-4-2-1-3-5-7/h1-4,6-7H,5,8H2,(H,9,10)/q-1. The first-order valence-corrected chi connectivity index (χ1v) is 3.78. The average molecular weight is 183 g/mol. The van der Waals surface area contributed by atoms with Crippen LogP contribution in [0.25, 0.3) is 0 Å². The van der Waals surface area contributed by atoms with Crippen LogP contribution in [0.15, 0.2) is 29.4 Å². The molecule has 0 fully saturated rings. The van der Waals surface area contributed by atoms with Crippen molar-refractivity contribution in [3.63, 3.8) is 0 Å². The highest BCUT2D eigenvalue weighted by Crippen LogP contribution is 2.09. The second kappa shape index (κ2) is 5.31. The first-order valence-electron chi connectivity index (χ1n) is 3.78. The molecule has 72 valence electrons. The van der Waals surface area contributed by atoms with Gasteiger partial charge in [-0.05, 0) is 6.42 Å². The first-order chi connectivity index (χ1) is 6.34. The van der Waals surface area contributed by atoms with Crippen LogP contribution in [0, 0.1) is 5.21 Å². The normalized spacial score (nSPS) is 21.5. The summed E-state index contributed by atoms with van der Waals surface area (Å²) in [6, 6.07) is -0.302. The molecule has 3 N–H and O–H groups in total. The molecule has 13 heavy (non-hydrogen) atoms. The SMILES string of the molecule is N/N=C/NON([O-])C1C=CC=CC1. The third-order valence-electron chi connectivity index (χ3n) is 1.50. The zero-order valence-electron chi connectivity index (χ0n) is 6.96. The maximum absolute atomic E-state index is 11.1. The number of hydrogen-bond acceptors (Lipinski definition) is 5. The molecule has 1 aliphatic carbocycles. The van der Waals surface area contributed by atoms with E-state index in [0.717, 1.165) is 6.34 Å². The molecule has 1 unspecified atom stereocenters. The lowest BCUT2D eigenvalue weighted by atomic mass is 10.1. The summed E-state index contributed by atoms with van der Waals surface area (Å²) in [6.07, 6.45) is 9.00. The van der Waals surface area contributed by atoms with Crippen LogP contribution in [0.1, 0.15) is 6.42 Å². The summed E-state index contributed by atoms with van der Waals surface area (Å²) in [5.74, 6) is 4.77. The van der Waals surface area contributed by atoms with E-state index in [4.69, 9.17) is 5.84 Å². The minimum absolute atomic E-state index is 0.302. The molecule has 0 bridgehead atoms. The maximum atomic E-state index is 11.1. The summed E-state index contributed by atoms with van der Waals surface area (Å²) in [4.78, 5) is 4.54. The second-order valence-electron chi connectivity index (χ2n) is 2.39. The van der Waals surface area contributed by atoms with E-state index < -0.39 is 0 Å². The minimum Gasteiger partial charge on any atom is -0.760 e. The van der Waals surface area contributed by atoms with Gasteiger partial charge in [0.2, 0.25) is 0 Å². The number of nitrogens with zero attached hydrogens (tertiary/aromatic N) is 2. The Labute approximate surface area is 75.8 Å². The van der Waals surface area contributed by atoms with Gasteiger partial charge < -0.3 is 11.0 Å². The van der Waals surface area contributed by atoms with Crippen LogP contribution in [0.3, 0.4) is 0 Å². The van der Waals surface area contributed by atoms with Crippen molar-refractivity contribution >= 4 is 6.34 Å². The third-order valence-corrected chi connectivity index (χ3v) is 1.50. The molecule has 0 saturated carbocycles. The van der Waals surface area contributed by atoms with E-state index in [1.165, 1.54) is 0 Å². The van der Waals surface area contributed by atoms with Gasteiger partial charge in [-0.1, -0.05) is 24.3 Å². The lowest BCUT2D eigenvalue weighted by Gasteiger charge is -2.32. The molecule has 0 aromatic heterocycles. The summed E-state index contributed by atoms with van der Waals surface area (Å²) >= 11 is 0. The summed E-state index contributed by atoms with van der Waals surface area (Å²) < 4.78 is 0. The van der Waals surface area contributed by atoms with E-state index in [0.29, 0.717) is 11.6 Å². The molecule has 0 radical (unpaired) electrons. The van der Waals surface area contributed by atoms with Crippen LogP contribution >= 0.6 is 0 Å². The van der Waals surface area contributed by atoms with Gasteiger partial charge in [0.15, 0.2) is 0 Å². The van der Waals surface area contributed by atoms with Crippen LogP contribution < -0.4 is 11.3 Å². The summed E-state index contributed by atoms with van der Waals surface area (Å²) in [6.45, 7) is 0. The Hall–Kier alpha value is -1.37. The number of rotatable bonds is 4. The lowest BCUT2D eigenvalue weighted by molar-refractivity contribution is -0.169. The van der Waals surface area contributed by atoms with Crippen molar-refractivity contribution in [1.29, 1.82) is 0 Å². The smallest absolute Gasteiger partial charge is 0.134 e. The van der Waals surface area contributed by atoms with Gasteiger partial charge in [0.1, 0.15) is 6.34 Å². The van der Waals surface area contributed by atoms with Gasteiger partial charge in [-0.15, -0.1) is 0 Å². The molecule has 1 atom stereocenters. The lowest BCUT2D eigenvalue weighted by Crippen LogP contribution is -2.34. The van der Waals surface area contributed by atoms with Gasteiger partial charge in [-0.3, -0.25) is 0 Å². The molecule has 6 heteroatoms. The number of hydrazone groups is 1. The van der Waals surface area contributed by atoms with Crippen molar-refractivity contribution in [3.05, 3.63) is 29.5 Å². The van der Waals surface area contributed by atoms with Gasteiger partial charge >= 0.3 is 0 Å². The van der Waals surface area contributed by atoms with Crippen molar-refractivity contribution in [2.24, 2.45) is 10.9 Å². The largest absolute Gasteiger partial charge is 0.760 e. The zero-order chi connectivity index (χ0) is 9.52. The van der Waals surface area contributed by atoms with Gasteiger partial charge in [0, 0.05) is 6.04 Å². The highest BCUT2D eigenvalue weighted by atomic mass is 17.0. The van der Waals surface area contributed by atoms with Gasteiger partial charge in [0.05, 0.1) is 0 Å². The topological polar surface area (TPSA) is 85.9 Å². The van der Waals surface area contributed by atoms with Crippen LogP contribution in [0.5, 0.6) is 0 Å². The van der Waals surface area contributed by atoms with Crippen LogP contribution in [-0.4, -0.2) is 17.6 Å². The van der Waals surface area contributed by atoms with Crippen LogP contribution in [-0.2, 0) is 4.94 Å². The molecule has 6 nitrogen and oxygen atoms in total. The van der Waals surface area contributed by atoms with Gasteiger partial charge in [-0.2, -0.15) is 10.0 Å². The van der Waals surface area contributed by atoms with Crippen LogP contribution in [0.4, 0.5) is 0 Å². The Bertz CT molecular complexity index is 227. The third kappa shape index (κ3) is 3.24. The molecule has 1 aliphatic rings. The van der Waals surface area contributed by atoms with Gasteiger partial charge in [-0.25, -0.2) is 10.7 Å². The predicted molar refractivity (Wildman–Crippen MR) is 48.8 cm³/mol. The number of allylic oxidation sites excluding steroid dienone is 2. The van der Waals surface area contributed by atoms with E-state index in [9.17, 15) is 5.21 Å². The fourth-order valence-electron chi connectivity index (χ4n) is 0.898. The first kappa shape index (κ1) is 9.72. The van der Waals surface area contributed by atoms with Crippen LogP contribution in [0.2, 0.25) is 0 Å². The van der Waals surface area contributed by atoms with Gasteiger partial charge in [0.25, 0.3) is 0 Å². The molecule has 0 amide bonds. The fourth-order valence-corrected chi connectivity index (χ4v) is 0.898. The molecule has 0 saturated heterocycles. The predicted octanol–water partition coefficient (Wildman–Crippen LogP) is 0.00910. The molecule has 1 rings (SSSR count). The van der Waals surface area contributed by atoms with Crippen molar-refractivity contribution in [2.45, 2.75) is 12.5 Å². The average Bonchev–Trinajstić information content (AvgIpc) is 2.19. The molecule has 0 spiro atoms. The fraction of sp³-hybridized carbons (Fsp3) is 0.286. The molecule has 0 heterocycles. The Morgan fingerprint density at radius 1 is 1.69 bits per heavy atom. The Balaban J connectivity index is 2.26. The van der Waals surface area contributed by atoms with Crippen molar-refractivity contribution < 1.29 is 4.94 Å². The van der Waals surface area contributed by atoms with E-state index in [1.54, 1.807) is 12.2 Å². The van der Waals surface area contributed by atoms with E-state index in [2.05, 4.69) is 15.5 Å². The Kier molecular flexibility index (Phi) is 3.97. The zero-order valence-corrected chi connectivity index (χ0v) is 6.96. The van der Waals surface area contributed by atoms with Crippen molar-refractivity contribution in [1.82, 2.24) is 10.7 Å². The Morgan fingerprint density at radius 3 is 3.15 bits per heavy atom. The monoisotopic (exact) mass is 183 g/mol. The molecule has 0 aromatic rings. The molecular weight excluding hydrogens is 172 g/mol. The summed E-state index contributed by atoms with van der Waals surface area (Å²) in [5.41, 5.74) is 2.17. The number of hydrogen-bond donors (Lipinski definition) is 2. The quantitative estimate of drug-likeness (QED) is 0.277. The number of hydroxylamine groups is 3. The van der Waals surface area contributed by atoms with E-state index in [1.807, 2.05) is 12.2 Å². The second-order valence-corrected chi connectivity index (χ2v) is 2.39. The summed E-state index contributed by atoms with van der Waals surface area (Å²) in [7, 11) is 0. The molecule has 0 aromatic carbocycles. The highest BCUT2D eigenvalue weighted by Gasteiger charge is 2.07. The maximum Gasteiger partial charge on any atom is 0.134 e.